The number of carboxylic acid groups (broad SMARTS) is 1. The number of carbonyl (C=O) groups excluding carboxylic acids is 1. The first kappa shape index (κ1) is 25.0. The summed E-state index contributed by atoms with van der Waals surface area (Å²) in [7, 11) is 1.56. The molecule has 0 bridgehead atoms. The summed E-state index contributed by atoms with van der Waals surface area (Å²) in [5.41, 5.74) is 9.14. The number of amides is 2. The summed E-state index contributed by atoms with van der Waals surface area (Å²) in [6.45, 7) is 7.18. The van der Waals surface area contributed by atoms with Crippen LogP contribution in [0.1, 0.15) is 55.7 Å². The number of rotatable bonds is 5. The lowest BCUT2D eigenvalue weighted by Gasteiger charge is -2.30. The number of carbonyl (C=O) groups is 2. The number of nitrogens with one attached hydrogen (secondary N) is 1. The number of nitrogens with zero attached hydrogens (tertiary/aromatic N) is 4. The van der Waals surface area contributed by atoms with Gasteiger partial charge in [0.1, 0.15) is 11.6 Å². The lowest BCUT2D eigenvalue weighted by molar-refractivity contribution is 0.102. The largest absolute Gasteiger partial charge is 0.497 e. The van der Waals surface area contributed by atoms with Crippen molar-refractivity contribution < 1.29 is 19.4 Å². The minimum atomic E-state index is -0.891. The number of nitrogen functional groups attached to an aromatic ring is 1. The van der Waals surface area contributed by atoms with E-state index in [1.807, 2.05) is 10.9 Å². The molecule has 2 aromatic heterocycles. The van der Waals surface area contributed by atoms with Gasteiger partial charge in [-0.15, -0.1) is 0 Å². The number of methoxy groups -OCH3 is 1. The van der Waals surface area contributed by atoms with Crippen LogP contribution in [-0.2, 0) is 5.41 Å². The summed E-state index contributed by atoms with van der Waals surface area (Å²) in [5.74, 6) is 0.384. The van der Waals surface area contributed by atoms with E-state index < -0.39 is 6.09 Å². The highest BCUT2D eigenvalue weighted by atomic mass is 16.5. The molecule has 1 aliphatic heterocycles. The molecule has 0 saturated carbocycles. The molecule has 1 fully saturated rings. The van der Waals surface area contributed by atoms with Gasteiger partial charge in [0.25, 0.3) is 5.91 Å². The van der Waals surface area contributed by atoms with Crippen molar-refractivity contribution >= 4 is 23.5 Å². The fourth-order valence-electron chi connectivity index (χ4n) is 4.37. The van der Waals surface area contributed by atoms with Crippen LogP contribution in [0.25, 0.3) is 11.1 Å². The normalized spacial score (nSPS) is 14.5. The third-order valence-electron chi connectivity index (χ3n) is 6.35. The molecule has 190 valence electrons. The fraction of sp³-hybridized carbons (Fsp3) is 0.385. The molecule has 36 heavy (non-hydrogen) atoms. The minimum absolute atomic E-state index is 0.0908. The Kier molecular flexibility index (Phi) is 6.87. The van der Waals surface area contributed by atoms with Gasteiger partial charge in [0, 0.05) is 53.8 Å². The van der Waals surface area contributed by atoms with E-state index in [0.717, 1.165) is 16.8 Å². The van der Waals surface area contributed by atoms with Crippen molar-refractivity contribution in [1.82, 2.24) is 19.7 Å². The van der Waals surface area contributed by atoms with Gasteiger partial charge < -0.3 is 25.8 Å². The summed E-state index contributed by atoms with van der Waals surface area (Å²) in [6.07, 6.45) is 4.11. The molecule has 0 aliphatic carbocycles. The predicted octanol–water partition coefficient (Wildman–Crippen LogP) is 4.40. The maximum Gasteiger partial charge on any atom is 0.407 e. The second-order valence-electron chi connectivity index (χ2n) is 9.97. The van der Waals surface area contributed by atoms with E-state index in [1.165, 1.54) is 4.90 Å². The molecule has 2 amide bonds. The van der Waals surface area contributed by atoms with Gasteiger partial charge >= 0.3 is 6.09 Å². The van der Waals surface area contributed by atoms with Gasteiger partial charge in [0.05, 0.1) is 24.4 Å². The zero-order valence-corrected chi connectivity index (χ0v) is 21.0. The van der Waals surface area contributed by atoms with Crippen molar-refractivity contribution in [3.63, 3.8) is 0 Å². The van der Waals surface area contributed by atoms with Crippen molar-refractivity contribution in [2.24, 2.45) is 0 Å². The highest BCUT2D eigenvalue weighted by molar-refractivity contribution is 6.08. The summed E-state index contributed by atoms with van der Waals surface area (Å²) in [5, 5.41) is 17.0. The first-order valence-electron chi connectivity index (χ1n) is 11.9. The number of pyridine rings is 1. The average Bonchev–Trinajstić information content (AvgIpc) is 3.31. The highest BCUT2D eigenvalue weighted by Crippen LogP contribution is 2.35. The van der Waals surface area contributed by atoms with E-state index in [0.29, 0.717) is 37.4 Å². The van der Waals surface area contributed by atoms with E-state index in [-0.39, 0.29) is 28.7 Å². The predicted molar refractivity (Wildman–Crippen MR) is 137 cm³/mol. The van der Waals surface area contributed by atoms with E-state index in [2.05, 4.69) is 31.1 Å². The molecule has 0 unspecified atom stereocenters. The van der Waals surface area contributed by atoms with Gasteiger partial charge in [-0.2, -0.15) is 5.10 Å². The standard InChI is InChI=1S/C26H32N6O4/c1-26(2,3)22-21(15-32(30-22)18-8-10-31(11-9-18)25(34)35)16-12-20(23(27)28-14-16)24(33)29-17-6-5-7-19(13-17)36-4/h5-7,12-15,18H,8-11H2,1-4H3,(H2,27,28)(H,29,33)(H,34,35). The molecule has 1 saturated heterocycles. The Hall–Kier alpha value is -4.08. The molecule has 4 N–H and O–H groups in total. The molecule has 0 atom stereocenters. The van der Waals surface area contributed by atoms with Crippen LogP contribution < -0.4 is 15.8 Å². The molecule has 1 aliphatic rings. The quantitative estimate of drug-likeness (QED) is 0.480. The summed E-state index contributed by atoms with van der Waals surface area (Å²) >= 11 is 0. The molecule has 3 heterocycles. The molecule has 0 radical (unpaired) electrons. The topological polar surface area (TPSA) is 136 Å². The van der Waals surface area contributed by atoms with Crippen LogP contribution in [0, 0.1) is 0 Å². The zero-order valence-electron chi connectivity index (χ0n) is 21.0. The Bertz CT molecular complexity index is 1270. The van der Waals surface area contributed by atoms with E-state index >= 15 is 0 Å². The molecule has 0 spiro atoms. The maximum absolute atomic E-state index is 13.1. The Balaban J connectivity index is 1.65. The molecule has 10 nitrogen and oxygen atoms in total. The van der Waals surface area contributed by atoms with Gasteiger partial charge in [-0.3, -0.25) is 9.48 Å². The average molecular weight is 493 g/mol. The Morgan fingerprint density at radius 2 is 1.92 bits per heavy atom. The van der Waals surface area contributed by atoms with Crippen LogP contribution in [0.2, 0.25) is 0 Å². The van der Waals surface area contributed by atoms with Crippen molar-refractivity contribution in [3.05, 3.63) is 54.0 Å². The van der Waals surface area contributed by atoms with Crippen LogP contribution in [-0.4, -0.2) is 57.0 Å². The van der Waals surface area contributed by atoms with Crippen LogP contribution in [0.15, 0.2) is 42.7 Å². The summed E-state index contributed by atoms with van der Waals surface area (Å²) in [4.78, 5) is 30.1. The number of ether oxygens (including phenoxy) is 1. The summed E-state index contributed by atoms with van der Waals surface area (Å²) < 4.78 is 7.16. The third-order valence-corrected chi connectivity index (χ3v) is 6.35. The second kappa shape index (κ2) is 9.88. The van der Waals surface area contributed by atoms with Gasteiger partial charge in [-0.25, -0.2) is 9.78 Å². The van der Waals surface area contributed by atoms with Gasteiger partial charge in [-0.1, -0.05) is 26.8 Å². The van der Waals surface area contributed by atoms with Crippen molar-refractivity contribution in [1.29, 1.82) is 0 Å². The number of aromatic nitrogens is 3. The number of nitrogens with two attached hydrogens (primary N) is 1. The van der Waals surface area contributed by atoms with Crippen molar-refractivity contribution in [3.8, 4) is 16.9 Å². The Morgan fingerprint density at radius 1 is 1.19 bits per heavy atom. The van der Waals surface area contributed by atoms with Gasteiger partial charge in [0.2, 0.25) is 0 Å². The van der Waals surface area contributed by atoms with Gasteiger partial charge in [0.15, 0.2) is 0 Å². The smallest absolute Gasteiger partial charge is 0.407 e. The molecule has 10 heteroatoms. The number of piperidine rings is 1. The molecule has 1 aromatic carbocycles. The lowest BCUT2D eigenvalue weighted by Crippen LogP contribution is -2.38. The lowest BCUT2D eigenvalue weighted by atomic mass is 9.87. The summed E-state index contributed by atoms with van der Waals surface area (Å²) in [6, 6.07) is 8.91. The van der Waals surface area contributed by atoms with Crippen LogP contribution >= 0.6 is 0 Å². The maximum atomic E-state index is 13.1. The van der Waals surface area contributed by atoms with Gasteiger partial charge in [-0.05, 0) is 31.0 Å². The van der Waals surface area contributed by atoms with Crippen molar-refractivity contribution in [2.45, 2.75) is 45.1 Å². The van der Waals surface area contributed by atoms with E-state index in [1.54, 1.807) is 43.6 Å². The number of likely N-dealkylation sites (tertiary alicyclic amines) is 1. The highest BCUT2D eigenvalue weighted by Gasteiger charge is 2.29. The Morgan fingerprint density at radius 3 is 2.56 bits per heavy atom. The first-order valence-corrected chi connectivity index (χ1v) is 11.9. The Labute approximate surface area is 210 Å². The van der Waals surface area contributed by atoms with Crippen molar-refractivity contribution in [2.75, 3.05) is 31.2 Å². The van der Waals surface area contributed by atoms with Crippen LogP contribution in [0.3, 0.4) is 0 Å². The van der Waals surface area contributed by atoms with Crippen LogP contribution in [0.5, 0.6) is 5.75 Å². The second-order valence-corrected chi connectivity index (χ2v) is 9.97. The molecular formula is C26H32N6O4. The number of anilines is 2. The minimum Gasteiger partial charge on any atom is -0.497 e. The van der Waals surface area contributed by atoms with E-state index in [4.69, 9.17) is 15.6 Å². The number of hydrogen-bond donors (Lipinski definition) is 3. The zero-order chi connectivity index (χ0) is 26.0. The number of hydrogen-bond acceptors (Lipinski definition) is 6. The monoisotopic (exact) mass is 492 g/mol. The van der Waals surface area contributed by atoms with Crippen LogP contribution in [0.4, 0.5) is 16.3 Å². The number of benzene rings is 1. The third kappa shape index (κ3) is 5.27. The van der Waals surface area contributed by atoms with E-state index in [9.17, 15) is 14.7 Å². The molecule has 3 aromatic rings. The first-order chi connectivity index (χ1) is 17.1. The SMILES string of the molecule is COc1cccc(NC(=O)c2cc(-c3cn(C4CCN(C(=O)O)CC4)nc3C(C)(C)C)cnc2N)c1. The fourth-order valence-corrected chi connectivity index (χ4v) is 4.37. The molecule has 4 rings (SSSR count). The molecular weight excluding hydrogens is 460 g/mol.